The van der Waals surface area contributed by atoms with Crippen molar-refractivity contribution in [2.24, 2.45) is 10.8 Å². The summed E-state index contributed by atoms with van der Waals surface area (Å²) in [7, 11) is 1.65. The van der Waals surface area contributed by atoms with Crippen LogP contribution in [0.25, 0.3) is 6.08 Å². The van der Waals surface area contributed by atoms with Gasteiger partial charge in [0.15, 0.2) is 0 Å². The zero-order valence-electron chi connectivity index (χ0n) is 14.6. The average molecular weight is 313 g/mol. The molecule has 3 heteroatoms. The summed E-state index contributed by atoms with van der Waals surface area (Å²) in [5.41, 5.74) is 1.65. The first-order valence-corrected chi connectivity index (χ1v) is 8.43. The van der Waals surface area contributed by atoms with Gasteiger partial charge in [-0.05, 0) is 53.9 Å². The number of carbonyl (C=O) groups is 1. The third-order valence-electron chi connectivity index (χ3n) is 5.23. The number of rotatable bonds is 3. The first kappa shape index (κ1) is 16.1. The van der Waals surface area contributed by atoms with Gasteiger partial charge in [-0.2, -0.15) is 0 Å². The SMILES string of the molecule is COc1ccc(/C=C/C(=O)N2C[C@]3(C)C[C@H]2CC(C)(C)C3)cc1. The van der Waals surface area contributed by atoms with Crippen molar-refractivity contribution in [2.75, 3.05) is 13.7 Å². The monoisotopic (exact) mass is 313 g/mol. The molecule has 1 aliphatic heterocycles. The predicted molar refractivity (Wildman–Crippen MR) is 93.3 cm³/mol. The van der Waals surface area contributed by atoms with Gasteiger partial charge in [-0.15, -0.1) is 0 Å². The molecule has 3 nitrogen and oxygen atoms in total. The topological polar surface area (TPSA) is 29.5 Å². The van der Waals surface area contributed by atoms with E-state index in [2.05, 4.69) is 25.7 Å². The summed E-state index contributed by atoms with van der Waals surface area (Å²) in [6.45, 7) is 7.89. The van der Waals surface area contributed by atoms with Crippen LogP contribution in [0.5, 0.6) is 5.75 Å². The lowest BCUT2D eigenvalue weighted by molar-refractivity contribution is -0.127. The fraction of sp³-hybridized carbons (Fsp3) is 0.550. The molecule has 1 aromatic rings. The van der Waals surface area contributed by atoms with Crippen molar-refractivity contribution in [2.45, 2.75) is 46.1 Å². The van der Waals surface area contributed by atoms with Crippen molar-refractivity contribution in [3.63, 3.8) is 0 Å². The average Bonchev–Trinajstić information content (AvgIpc) is 2.74. The van der Waals surface area contributed by atoms with E-state index in [1.807, 2.05) is 30.3 Å². The van der Waals surface area contributed by atoms with Crippen LogP contribution in [0.15, 0.2) is 30.3 Å². The second-order valence-electron chi connectivity index (χ2n) is 8.29. The van der Waals surface area contributed by atoms with E-state index in [0.29, 0.717) is 11.5 Å². The molecule has 0 radical (unpaired) electrons. The Hall–Kier alpha value is -1.77. The molecule has 1 saturated carbocycles. The van der Waals surface area contributed by atoms with Crippen LogP contribution in [0.2, 0.25) is 0 Å². The van der Waals surface area contributed by atoms with Crippen molar-refractivity contribution < 1.29 is 9.53 Å². The maximum atomic E-state index is 12.7. The third kappa shape index (κ3) is 3.44. The van der Waals surface area contributed by atoms with E-state index in [-0.39, 0.29) is 11.3 Å². The molecule has 2 aliphatic rings. The van der Waals surface area contributed by atoms with Crippen LogP contribution in [-0.2, 0) is 4.79 Å². The van der Waals surface area contributed by atoms with Crippen molar-refractivity contribution in [3.8, 4) is 5.75 Å². The minimum atomic E-state index is 0.146. The summed E-state index contributed by atoms with van der Waals surface area (Å²) in [6.07, 6.45) is 7.10. The zero-order chi connectivity index (χ0) is 16.7. The third-order valence-corrected chi connectivity index (χ3v) is 5.23. The Balaban J connectivity index is 1.70. The first-order chi connectivity index (χ1) is 10.8. The Kier molecular flexibility index (Phi) is 3.99. The minimum absolute atomic E-state index is 0.146. The minimum Gasteiger partial charge on any atom is -0.497 e. The number of nitrogens with zero attached hydrogens (tertiary/aromatic N) is 1. The lowest BCUT2D eigenvalue weighted by atomic mass is 9.65. The molecule has 2 atom stereocenters. The van der Waals surface area contributed by atoms with Gasteiger partial charge in [-0.3, -0.25) is 4.79 Å². The second kappa shape index (κ2) is 5.70. The first-order valence-electron chi connectivity index (χ1n) is 8.43. The maximum Gasteiger partial charge on any atom is 0.246 e. The molecule has 1 aromatic carbocycles. The Morgan fingerprint density at radius 2 is 1.91 bits per heavy atom. The van der Waals surface area contributed by atoms with Crippen molar-refractivity contribution in [1.29, 1.82) is 0 Å². The van der Waals surface area contributed by atoms with Crippen molar-refractivity contribution >= 4 is 12.0 Å². The van der Waals surface area contributed by atoms with E-state index in [0.717, 1.165) is 30.7 Å². The molecule has 0 spiro atoms. The van der Waals surface area contributed by atoms with Crippen LogP contribution in [0.3, 0.4) is 0 Å². The molecule has 23 heavy (non-hydrogen) atoms. The van der Waals surface area contributed by atoms with Gasteiger partial charge in [-0.25, -0.2) is 0 Å². The molecule has 0 aromatic heterocycles. The number of hydrogen-bond acceptors (Lipinski definition) is 2. The van der Waals surface area contributed by atoms with Gasteiger partial charge in [0.2, 0.25) is 5.91 Å². The van der Waals surface area contributed by atoms with Crippen LogP contribution in [0.1, 0.15) is 45.6 Å². The zero-order valence-corrected chi connectivity index (χ0v) is 14.6. The van der Waals surface area contributed by atoms with Crippen LogP contribution in [0, 0.1) is 10.8 Å². The molecule has 1 aliphatic carbocycles. The Morgan fingerprint density at radius 1 is 1.22 bits per heavy atom. The van der Waals surface area contributed by atoms with Gasteiger partial charge < -0.3 is 9.64 Å². The van der Waals surface area contributed by atoms with E-state index in [4.69, 9.17) is 4.74 Å². The molecule has 1 amide bonds. The number of likely N-dealkylation sites (tertiary alicyclic amines) is 1. The smallest absolute Gasteiger partial charge is 0.246 e. The largest absolute Gasteiger partial charge is 0.497 e. The van der Waals surface area contributed by atoms with Crippen LogP contribution < -0.4 is 4.74 Å². The summed E-state index contributed by atoms with van der Waals surface area (Å²) in [6, 6.07) is 8.16. The Bertz CT molecular complexity index is 617. The van der Waals surface area contributed by atoms with Crippen LogP contribution in [-0.4, -0.2) is 30.5 Å². The Morgan fingerprint density at radius 3 is 2.57 bits per heavy atom. The lowest BCUT2D eigenvalue weighted by Gasteiger charge is -2.39. The highest BCUT2D eigenvalue weighted by atomic mass is 16.5. The van der Waals surface area contributed by atoms with E-state index in [1.165, 1.54) is 6.42 Å². The molecule has 2 bridgehead atoms. The van der Waals surface area contributed by atoms with Gasteiger partial charge in [0.1, 0.15) is 5.75 Å². The molecule has 1 heterocycles. The molecule has 3 rings (SSSR count). The maximum absolute atomic E-state index is 12.7. The van der Waals surface area contributed by atoms with Gasteiger partial charge in [0, 0.05) is 18.7 Å². The van der Waals surface area contributed by atoms with Crippen LogP contribution >= 0.6 is 0 Å². The summed E-state index contributed by atoms with van der Waals surface area (Å²) in [5, 5.41) is 0. The normalized spacial score (nSPS) is 29.0. The molecular weight excluding hydrogens is 286 g/mol. The number of benzene rings is 1. The Labute approximate surface area is 139 Å². The van der Waals surface area contributed by atoms with E-state index < -0.39 is 0 Å². The lowest BCUT2D eigenvalue weighted by Crippen LogP contribution is -2.36. The highest BCUT2D eigenvalue weighted by Crippen LogP contribution is 2.52. The van der Waals surface area contributed by atoms with Crippen molar-refractivity contribution in [3.05, 3.63) is 35.9 Å². The van der Waals surface area contributed by atoms with Crippen molar-refractivity contribution in [1.82, 2.24) is 4.90 Å². The molecule has 0 unspecified atom stereocenters. The summed E-state index contributed by atoms with van der Waals surface area (Å²) < 4.78 is 5.15. The molecule has 124 valence electrons. The summed E-state index contributed by atoms with van der Waals surface area (Å²) >= 11 is 0. The van der Waals surface area contributed by atoms with Gasteiger partial charge >= 0.3 is 0 Å². The number of amides is 1. The molecule has 0 N–H and O–H groups in total. The number of methoxy groups -OCH3 is 1. The quantitative estimate of drug-likeness (QED) is 0.785. The molecular formula is C20H27NO2. The number of ether oxygens (including phenoxy) is 1. The highest BCUT2D eigenvalue weighted by molar-refractivity contribution is 5.92. The predicted octanol–water partition coefficient (Wildman–Crippen LogP) is 4.14. The number of fused-ring (bicyclic) bond motifs is 2. The van der Waals surface area contributed by atoms with E-state index in [1.54, 1.807) is 13.2 Å². The summed E-state index contributed by atoms with van der Waals surface area (Å²) in [5.74, 6) is 0.976. The standard InChI is InChI=1S/C20H27NO2/c1-19(2)11-16-12-20(3,13-19)14-21(16)18(22)10-7-15-5-8-17(23-4)9-6-15/h5-10,16H,11-14H2,1-4H3/b10-7+/t16-,20-/m1/s1. The van der Waals surface area contributed by atoms with Crippen LogP contribution in [0.4, 0.5) is 0 Å². The van der Waals surface area contributed by atoms with E-state index >= 15 is 0 Å². The number of hydrogen-bond donors (Lipinski definition) is 0. The highest BCUT2D eigenvalue weighted by Gasteiger charge is 2.50. The number of carbonyl (C=O) groups excluding carboxylic acids is 1. The van der Waals surface area contributed by atoms with Gasteiger partial charge in [0.25, 0.3) is 0 Å². The fourth-order valence-corrected chi connectivity index (χ4v) is 4.70. The van der Waals surface area contributed by atoms with Gasteiger partial charge in [-0.1, -0.05) is 32.9 Å². The molecule has 2 fully saturated rings. The fourth-order valence-electron chi connectivity index (χ4n) is 4.70. The summed E-state index contributed by atoms with van der Waals surface area (Å²) in [4.78, 5) is 14.7. The molecule has 1 saturated heterocycles. The second-order valence-corrected chi connectivity index (χ2v) is 8.29. The van der Waals surface area contributed by atoms with E-state index in [9.17, 15) is 4.79 Å². The van der Waals surface area contributed by atoms with Gasteiger partial charge in [0.05, 0.1) is 7.11 Å².